The molecule has 23 heavy (non-hydrogen) atoms. The molecular formula is C18H17NO3S. The highest BCUT2D eigenvalue weighted by Gasteiger charge is 2.23. The number of benzene rings is 1. The molecule has 1 saturated carbocycles. The third-order valence-electron chi connectivity index (χ3n) is 3.36. The third kappa shape index (κ3) is 4.79. The van der Waals surface area contributed by atoms with E-state index in [1.807, 2.05) is 42.5 Å². The van der Waals surface area contributed by atoms with Gasteiger partial charge in [-0.3, -0.25) is 4.79 Å². The van der Waals surface area contributed by atoms with Crippen LogP contribution in [-0.2, 0) is 14.3 Å². The summed E-state index contributed by atoms with van der Waals surface area (Å²) >= 11 is 1.60. The number of carbonyl (C=O) groups excluding carboxylic acids is 2. The zero-order valence-electron chi connectivity index (χ0n) is 12.5. The van der Waals surface area contributed by atoms with E-state index in [0.717, 1.165) is 28.2 Å². The molecule has 1 N–H and O–H groups in total. The maximum Gasteiger partial charge on any atom is 0.331 e. The zero-order chi connectivity index (χ0) is 16.1. The van der Waals surface area contributed by atoms with Crippen LogP contribution in [0, 0.1) is 0 Å². The monoisotopic (exact) mass is 327 g/mol. The van der Waals surface area contributed by atoms with Gasteiger partial charge in [-0.25, -0.2) is 4.79 Å². The second-order valence-corrected chi connectivity index (χ2v) is 6.47. The van der Waals surface area contributed by atoms with Crippen LogP contribution in [0.25, 0.3) is 16.5 Å². The molecule has 0 saturated heterocycles. The van der Waals surface area contributed by atoms with Gasteiger partial charge < -0.3 is 10.1 Å². The summed E-state index contributed by atoms with van der Waals surface area (Å²) in [6.07, 6.45) is 5.09. The number of ether oxygens (including phenoxy) is 1. The van der Waals surface area contributed by atoms with E-state index in [1.54, 1.807) is 17.4 Å². The average Bonchev–Trinajstić information content (AvgIpc) is 3.25. The summed E-state index contributed by atoms with van der Waals surface area (Å²) in [6, 6.07) is 14.3. The number of thiophene rings is 1. The van der Waals surface area contributed by atoms with E-state index in [4.69, 9.17) is 4.74 Å². The Balaban J connectivity index is 1.50. The summed E-state index contributed by atoms with van der Waals surface area (Å²) in [7, 11) is 0. The van der Waals surface area contributed by atoms with Crippen LogP contribution in [0.2, 0.25) is 0 Å². The van der Waals surface area contributed by atoms with Crippen LogP contribution in [-0.4, -0.2) is 24.5 Å². The van der Waals surface area contributed by atoms with Gasteiger partial charge in [0.2, 0.25) is 0 Å². The van der Waals surface area contributed by atoms with E-state index in [0.29, 0.717) is 0 Å². The van der Waals surface area contributed by atoms with Gasteiger partial charge in [-0.15, -0.1) is 11.3 Å². The summed E-state index contributed by atoms with van der Waals surface area (Å²) in [4.78, 5) is 25.1. The zero-order valence-corrected chi connectivity index (χ0v) is 13.3. The molecule has 5 heteroatoms. The van der Waals surface area contributed by atoms with E-state index in [2.05, 4.69) is 5.32 Å². The molecule has 0 unspecified atom stereocenters. The highest BCUT2D eigenvalue weighted by atomic mass is 32.1. The average molecular weight is 327 g/mol. The first-order valence-electron chi connectivity index (χ1n) is 7.50. The Kier molecular flexibility index (Phi) is 4.88. The number of carbonyl (C=O) groups is 2. The van der Waals surface area contributed by atoms with Crippen LogP contribution in [0.15, 0.2) is 48.5 Å². The molecule has 0 aliphatic heterocycles. The Hall–Kier alpha value is -2.40. The Morgan fingerprint density at radius 3 is 2.70 bits per heavy atom. The maximum absolute atomic E-state index is 11.6. The van der Waals surface area contributed by atoms with Crippen LogP contribution in [0.1, 0.15) is 17.7 Å². The molecule has 1 aliphatic rings. The second kappa shape index (κ2) is 7.24. The smallest absolute Gasteiger partial charge is 0.331 e. The van der Waals surface area contributed by atoms with Crippen molar-refractivity contribution in [1.82, 2.24) is 5.32 Å². The van der Waals surface area contributed by atoms with E-state index < -0.39 is 5.97 Å². The Morgan fingerprint density at radius 2 is 1.96 bits per heavy atom. The van der Waals surface area contributed by atoms with Crippen LogP contribution >= 0.6 is 11.3 Å². The van der Waals surface area contributed by atoms with Gasteiger partial charge >= 0.3 is 5.97 Å². The van der Waals surface area contributed by atoms with Gasteiger partial charge in [-0.2, -0.15) is 0 Å². The molecule has 0 atom stereocenters. The van der Waals surface area contributed by atoms with Gasteiger partial charge in [0.1, 0.15) is 0 Å². The normalized spacial score (nSPS) is 13.9. The lowest BCUT2D eigenvalue weighted by Crippen LogP contribution is -2.30. The third-order valence-corrected chi connectivity index (χ3v) is 4.46. The summed E-state index contributed by atoms with van der Waals surface area (Å²) in [5.74, 6) is -0.748. The standard InChI is InChI=1S/C18H17NO3S/c20-17(19-14-6-7-14)12-22-18(21)11-9-15-8-10-16(23-15)13-4-2-1-3-5-13/h1-5,8-11,14H,6-7,12H2,(H,19,20)/b11-9+. The minimum atomic E-state index is -0.509. The van der Waals surface area contributed by atoms with Crippen LogP contribution in [0.3, 0.4) is 0 Å². The quantitative estimate of drug-likeness (QED) is 0.654. The Labute approximate surface area is 138 Å². The first-order valence-corrected chi connectivity index (χ1v) is 8.32. The predicted octanol–water partition coefficient (Wildman–Crippen LogP) is 3.25. The minimum Gasteiger partial charge on any atom is -0.452 e. The maximum atomic E-state index is 11.6. The molecule has 1 fully saturated rings. The van der Waals surface area contributed by atoms with E-state index in [-0.39, 0.29) is 18.6 Å². The van der Waals surface area contributed by atoms with Crippen molar-refractivity contribution in [2.45, 2.75) is 18.9 Å². The molecule has 0 radical (unpaired) electrons. The Morgan fingerprint density at radius 1 is 1.17 bits per heavy atom. The molecule has 1 aliphatic carbocycles. The lowest BCUT2D eigenvalue weighted by Gasteiger charge is -2.02. The van der Waals surface area contributed by atoms with Crippen molar-refractivity contribution in [2.75, 3.05) is 6.61 Å². The predicted molar refractivity (Wildman–Crippen MR) is 90.9 cm³/mol. The summed E-state index contributed by atoms with van der Waals surface area (Å²) in [5.41, 5.74) is 1.15. The van der Waals surface area contributed by atoms with Gasteiger partial charge in [0.25, 0.3) is 5.91 Å². The van der Waals surface area contributed by atoms with Crippen molar-refractivity contribution in [2.24, 2.45) is 0 Å². The molecule has 2 aromatic rings. The summed E-state index contributed by atoms with van der Waals surface area (Å²) in [6.45, 7) is -0.223. The number of esters is 1. The highest BCUT2D eigenvalue weighted by Crippen LogP contribution is 2.28. The van der Waals surface area contributed by atoms with Crippen molar-refractivity contribution < 1.29 is 14.3 Å². The van der Waals surface area contributed by atoms with Crippen LogP contribution in [0.4, 0.5) is 0 Å². The molecule has 0 bridgehead atoms. The lowest BCUT2D eigenvalue weighted by atomic mass is 10.2. The number of hydrogen-bond acceptors (Lipinski definition) is 4. The van der Waals surface area contributed by atoms with Crippen molar-refractivity contribution in [1.29, 1.82) is 0 Å². The van der Waals surface area contributed by atoms with E-state index in [1.165, 1.54) is 6.08 Å². The fourth-order valence-electron chi connectivity index (χ4n) is 2.03. The van der Waals surface area contributed by atoms with E-state index in [9.17, 15) is 9.59 Å². The molecular weight excluding hydrogens is 310 g/mol. The SMILES string of the molecule is O=C(COC(=O)/C=C/c1ccc(-c2ccccc2)s1)NC1CC1. The molecule has 3 rings (SSSR count). The summed E-state index contributed by atoms with van der Waals surface area (Å²) in [5, 5.41) is 2.77. The van der Waals surface area contributed by atoms with Crippen molar-refractivity contribution in [3.05, 3.63) is 53.4 Å². The number of rotatable bonds is 6. The molecule has 1 amide bonds. The van der Waals surface area contributed by atoms with Gasteiger partial charge in [0.15, 0.2) is 6.61 Å². The van der Waals surface area contributed by atoms with E-state index >= 15 is 0 Å². The van der Waals surface area contributed by atoms with Gasteiger partial charge in [0.05, 0.1) is 0 Å². The lowest BCUT2D eigenvalue weighted by molar-refractivity contribution is -0.143. The van der Waals surface area contributed by atoms with Crippen molar-refractivity contribution in [3.63, 3.8) is 0 Å². The number of hydrogen-bond donors (Lipinski definition) is 1. The fraction of sp³-hybridized carbons (Fsp3) is 0.222. The fourth-order valence-corrected chi connectivity index (χ4v) is 2.95. The largest absolute Gasteiger partial charge is 0.452 e. The molecule has 1 heterocycles. The second-order valence-electron chi connectivity index (χ2n) is 5.35. The van der Waals surface area contributed by atoms with Gasteiger partial charge in [-0.1, -0.05) is 30.3 Å². The molecule has 1 aromatic carbocycles. The summed E-state index contributed by atoms with van der Waals surface area (Å²) < 4.78 is 4.91. The van der Waals surface area contributed by atoms with Gasteiger partial charge in [0, 0.05) is 21.9 Å². The molecule has 118 valence electrons. The molecule has 1 aromatic heterocycles. The van der Waals surface area contributed by atoms with Crippen molar-refractivity contribution >= 4 is 29.3 Å². The van der Waals surface area contributed by atoms with Gasteiger partial charge in [-0.05, 0) is 36.6 Å². The number of amides is 1. The van der Waals surface area contributed by atoms with Crippen LogP contribution in [0.5, 0.6) is 0 Å². The molecule has 0 spiro atoms. The number of nitrogens with one attached hydrogen (secondary N) is 1. The Bertz CT molecular complexity index is 717. The van der Waals surface area contributed by atoms with Crippen molar-refractivity contribution in [3.8, 4) is 10.4 Å². The topological polar surface area (TPSA) is 55.4 Å². The first-order chi connectivity index (χ1) is 11.2. The highest BCUT2D eigenvalue weighted by molar-refractivity contribution is 7.16. The minimum absolute atomic E-state index is 0.223. The van der Waals surface area contributed by atoms with Crippen LogP contribution < -0.4 is 5.32 Å². The first kappa shape index (κ1) is 15.5. The molecule has 4 nitrogen and oxygen atoms in total.